The van der Waals surface area contributed by atoms with Gasteiger partial charge in [-0.2, -0.15) is 0 Å². The molecule has 0 radical (unpaired) electrons. The molecule has 4 rings (SSSR count). The number of nitrogens with two attached hydrogens (primary N) is 1. The number of nitrogens with one attached hydrogen (secondary N) is 3. The Morgan fingerprint density at radius 1 is 0.923 bits per heavy atom. The molecule has 1 aliphatic heterocycles. The van der Waals surface area contributed by atoms with Crippen molar-refractivity contribution in [1.29, 1.82) is 0 Å². The van der Waals surface area contributed by atoms with Gasteiger partial charge in [0.05, 0.1) is 12.5 Å². The Bertz CT molecular complexity index is 1690. The predicted octanol–water partition coefficient (Wildman–Crippen LogP) is 3.45. The van der Waals surface area contributed by atoms with Gasteiger partial charge in [-0.05, 0) is 81.0 Å². The van der Waals surface area contributed by atoms with Gasteiger partial charge in [0.25, 0.3) is 5.91 Å². The highest BCUT2D eigenvalue weighted by atomic mass is 35.5. The van der Waals surface area contributed by atoms with E-state index in [2.05, 4.69) is 16.0 Å². The zero-order chi connectivity index (χ0) is 38.0. The molecule has 0 saturated carbocycles. The number of hydrogen-bond acceptors (Lipinski definition) is 7. The highest BCUT2D eigenvalue weighted by Crippen LogP contribution is 2.29. The molecule has 0 aromatic heterocycles. The molecule has 0 spiro atoms. The fraction of sp³-hybridized carbons (Fsp3) is 0.395. The van der Waals surface area contributed by atoms with Crippen molar-refractivity contribution in [3.05, 3.63) is 106 Å². The number of halogens is 2. The third-order valence-electron chi connectivity index (χ3n) is 8.34. The van der Waals surface area contributed by atoms with E-state index in [-0.39, 0.29) is 18.9 Å². The van der Waals surface area contributed by atoms with Crippen molar-refractivity contribution in [3.8, 4) is 0 Å². The second-order valence-corrected chi connectivity index (χ2v) is 14.6. The molecular weight excluding hydrogens is 709 g/mol. The quantitative estimate of drug-likeness (QED) is 0.158. The van der Waals surface area contributed by atoms with E-state index in [9.17, 15) is 29.1 Å². The molecular formula is C38H45Cl2N5O7. The van der Waals surface area contributed by atoms with Crippen LogP contribution in [0.1, 0.15) is 62.8 Å². The van der Waals surface area contributed by atoms with Gasteiger partial charge in [0.2, 0.25) is 23.6 Å². The summed E-state index contributed by atoms with van der Waals surface area (Å²) in [6.07, 6.45) is -2.11. The van der Waals surface area contributed by atoms with Crippen LogP contribution in [0.4, 0.5) is 0 Å². The lowest BCUT2D eigenvalue weighted by molar-refractivity contribution is -0.147. The predicted molar refractivity (Wildman–Crippen MR) is 197 cm³/mol. The number of primary amides is 1. The van der Waals surface area contributed by atoms with E-state index in [1.165, 1.54) is 4.90 Å². The van der Waals surface area contributed by atoms with Gasteiger partial charge in [-0.3, -0.25) is 24.0 Å². The Morgan fingerprint density at radius 3 is 2.10 bits per heavy atom. The van der Waals surface area contributed by atoms with E-state index in [1.807, 2.05) is 20.8 Å². The van der Waals surface area contributed by atoms with Gasteiger partial charge in [0.1, 0.15) is 24.8 Å². The van der Waals surface area contributed by atoms with Crippen molar-refractivity contribution in [3.63, 3.8) is 0 Å². The Hall–Kier alpha value is -4.49. The van der Waals surface area contributed by atoms with Crippen LogP contribution in [0.15, 0.2) is 78.9 Å². The Balaban J connectivity index is 1.51. The van der Waals surface area contributed by atoms with Gasteiger partial charge in [-0.1, -0.05) is 77.8 Å². The standard InChI is InChI=1S/C38H45Cl2N5O7/c1-38(2,3)44-36(50)30-16-9-17-45(30)37(51)33(48)28(18-23-10-5-4-6-11-23)43-35(49)29(21-31(41)46)42-32(47)22-52-34(24-12-7-14-26(39)19-24)25-13-8-15-27(40)20-25/h4-8,10-15,19-20,28-30,33-34,48H,9,16-18,21-22H2,1-3H3,(H2,41,46)(H,42,47)(H,43,49)(H,44,50)/t28-,29-,30-,33-/m0/s1. The summed E-state index contributed by atoms with van der Waals surface area (Å²) in [5.74, 6) is -3.54. The minimum Gasteiger partial charge on any atom is -0.381 e. The maximum absolute atomic E-state index is 13.8. The Labute approximate surface area is 313 Å². The third kappa shape index (κ3) is 11.8. The van der Waals surface area contributed by atoms with Gasteiger partial charge in [0.15, 0.2) is 6.10 Å². The number of nitrogens with zero attached hydrogens (tertiary/aromatic N) is 1. The molecule has 1 saturated heterocycles. The zero-order valence-electron chi connectivity index (χ0n) is 29.3. The smallest absolute Gasteiger partial charge is 0.254 e. The SMILES string of the molecule is CC(C)(C)NC(=O)[C@@H]1CCCN1C(=O)[C@@H](O)[C@H](Cc1ccccc1)NC(=O)[C@H](CC(N)=O)NC(=O)COC(c1cccc(Cl)c1)c1cccc(Cl)c1. The number of carbonyl (C=O) groups is 5. The number of aliphatic hydroxyl groups excluding tert-OH is 1. The fourth-order valence-electron chi connectivity index (χ4n) is 6.02. The summed E-state index contributed by atoms with van der Waals surface area (Å²) in [6, 6.07) is 19.2. The van der Waals surface area contributed by atoms with Crippen molar-refractivity contribution in [2.24, 2.45) is 5.73 Å². The van der Waals surface area contributed by atoms with Crippen LogP contribution in [0.3, 0.4) is 0 Å². The largest absolute Gasteiger partial charge is 0.381 e. The lowest BCUT2D eigenvalue weighted by Crippen LogP contribution is -2.59. The first-order valence-electron chi connectivity index (χ1n) is 17.0. The average Bonchev–Trinajstić information content (AvgIpc) is 3.57. The van der Waals surface area contributed by atoms with E-state index < -0.39 is 72.5 Å². The monoisotopic (exact) mass is 753 g/mol. The van der Waals surface area contributed by atoms with Crippen LogP contribution in [0.25, 0.3) is 0 Å². The van der Waals surface area contributed by atoms with Crippen LogP contribution in [0, 0.1) is 0 Å². The third-order valence-corrected chi connectivity index (χ3v) is 8.81. The second kappa shape index (κ2) is 18.3. The first-order valence-corrected chi connectivity index (χ1v) is 17.7. The van der Waals surface area contributed by atoms with Gasteiger partial charge < -0.3 is 36.4 Å². The van der Waals surface area contributed by atoms with E-state index in [4.69, 9.17) is 33.7 Å². The van der Waals surface area contributed by atoms with Crippen LogP contribution in [-0.2, 0) is 35.1 Å². The number of benzene rings is 3. The van der Waals surface area contributed by atoms with E-state index >= 15 is 0 Å². The molecule has 0 unspecified atom stereocenters. The molecule has 0 bridgehead atoms. The van der Waals surface area contributed by atoms with Crippen molar-refractivity contribution in [2.45, 2.75) is 82.3 Å². The van der Waals surface area contributed by atoms with Crippen LogP contribution in [0.5, 0.6) is 0 Å². The Kier molecular flexibility index (Phi) is 14.2. The lowest BCUT2D eigenvalue weighted by atomic mass is 9.99. The number of rotatable bonds is 15. The summed E-state index contributed by atoms with van der Waals surface area (Å²) < 4.78 is 6.02. The van der Waals surface area contributed by atoms with Crippen LogP contribution in [0.2, 0.25) is 10.0 Å². The summed E-state index contributed by atoms with van der Waals surface area (Å²) >= 11 is 12.5. The number of hydrogen-bond donors (Lipinski definition) is 5. The molecule has 6 N–H and O–H groups in total. The van der Waals surface area contributed by atoms with Crippen molar-refractivity contribution < 1.29 is 33.8 Å². The van der Waals surface area contributed by atoms with E-state index in [0.29, 0.717) is 39.6 Å². The topological polar surface area (TPSA) is 180 Å². The number of likely N-dealkylation sites (tertiary alicyclic amines) is 1. The van der Waals surface area contributed by atoms with E-state index in [0.717, 1.165) is 0 Å². The molecule has 1 fully saturated rings. The van der Waals surface area contributed by atoms with Crippen LogP contribution >= 0.6 is 23.2 Å². The molecule has 52 heavy (non-hydrogen) atoms. The first kappa shape index (κ1) is 40.3. The molecule has 4 atom stereocenters. The van der Waals surface area contributed by atoms with Gasteiger partial charge in [-0.25, -0.2) is 0 Å². The summed E-state index contributed by atoms with van der Waals surface area (Å²) in [7, 11) is 0. The molecule has 278 valence electrons. The Morgan fingerprint density at radius 2 is 1.54 bits per heavy atom. The minimum atomic E-state index is -1.77. The maximum Gasteiger partial charge on any atom is 0.254 e. The molecule has 3 aromatic rings. The molecule has 5 amide bonds. The zero-order valence-corrected chi connectivity index (χ0v) is 30.8. The molecule has 1 aliphatic rings. The molecule has 1 heterocycles. The number of aliphatic hydroxyl groups is 1. The molecule has 3 aromatic carbocycles. The van der Waals surface area contributed by atoms with Crippen LogP contribution in [-0.4, -0.2) is 82.5 Å². The normalized spacial score (nSPS) is 16.1. The number of ether oxygens (including phenoxy) is 1. The fourth-order valence-corrected chi connectivity index (χ4v) is 6.42. The number of carbonyl (C=O) groups excluding carboxylic acids is 5. The molecule has 12 nitrogen and oxygen atoms in total. The highest BCUT2D eigenvalue weighted by Gasteiger charge is 2.41. The molecule has 14 heteroatoms. The van der Waals surface area contributed by atoms with Crippen molar-refractivity contribution in [1.82, 2.24) is 20.9 Å². The minimum absolute atomic E-state index is 0.0213. The van der Waals surface area contributed by atoms with Gasteiger partial charge in [-0.15, -0.1) is 0 Å². The van der Waals surface area contributed by atoms with Crippen molar-refractivity contribution in [2.75, 3.05) is 13.2 Å². The van der Waals surface area contributed by atoms with Crippen molar-refractivity contribution >= 4 is 52.7 Å². The van der Waals surface area contributed by atoms with Crippen LogP contribution < -0.4 is 21.7 Å². The average molecular weight is 755 g/mol. The molecule has 0 aliphatic carbocycles. The van der Waals surface area contributed by atoms with Gasteiger partial charge in [0, 0.05) is 22.1 Å². The number of amides is 5. The second-order valence-electron chi connectivity index (χ2n) is 13.8. The highest BCUT2D eigenvalue weighted by molar-refractivity contribution is 6.31. The van der Waals surface area contributed by atoms with E-state index in [1.54, 1.807) is 78.9 Å². The van der Waals surface area contributed by atoms with Gasteiger partial charge >= 0.3 is 0 Å². The maximum atomic E-state index is 13.8. The summed E-state index contributed by atoms with van der Waals surface area (Å²) in [6.45, 7) is 5.20. The summed E-state index contributed by atoms with van der Waals surface area (Å²) in [4.78, 5) is 67.2. The summed E-state index contributed by atoms with van der Waals surface area (Å²) in [5.41, 5.74) is 6.92. The first-order chi connectivity index (χ1) is 24.6. The summed E-state index contributed by atoms with van der Waals surface area (Å²) in [5, 5.41) is 20.4. The lowest BCUT2D eigenvalue weighted by Gasteiger charge is -2.32.